The molecule has 0 radical (unpaired) electrons. The number of benzene rings is 2. The van der Waals surface area contributed by atoms with E-state index in [9.17, 15) is 26.2 Å². The zero-order valence-electron chi connectivity index (χ0n) is 23.0. The second-order valence-electron chi connectivity index (χ2n) is 8.33. The topological polar surface area (TPSA) is 54.5 Å². The van der Waals surface area contributed by atoms with Crippen LogP contribution in [0, 0.1) is 17.6 Å². The Labute approximate surface area is 239 Å². The normalized spacial score (nSPS) is 17.8. The maximum absolute atomic E-state index is 14.7. The number of thiazole rings is 1. The lowest BCUT2D eigenvalue weighted by Crippen LogP contribution is -2.42. The summed E-state index contributed by atoms with van der Waals surface area (Å²) < 4.78 is 86.2. The first kappa shape index (κ1) is 33.6. The van der Waals surface area contributed by atoms with Gasteiger partial charge < -0.3 is 4.74 Å². The molecule has 1 saturated heterocycles. The van der Waals surface area contributed by atoms with Crippen LogP contribution in [0.1, 0.15) is 58.6 Å². The van der Waals surface area contributed by atoms with Gasteiger partial charge in [0.15, 0.2) is 16.1 Å². The van der Waals surface area contributed by atoms with Crippen molar-refractivity contribution in [2.24, 2.45) is 5.92 Å². The van der Waals surface area contributed by atoms with Gasteiger partial charge in [0, 0.05) is 35.7 Å². The molecule has 12 heteroatoms. The maximum Gasteiger partial charge on any atom is 0.391 e. The van der Waals surface area contributed by atoms with Crippen molar-refractivity contribution in [3.05, 3.63) is 71.2 Å². The minimum atomic E-state index is -4.17. The number of hydrogen-bond acceptors (Lipinski definition) is 5. The summed E-state index contributed by atoms with van der Waals surface area (Å²) >= 11 is 1.25. The predicted octanol–water partition coefficient (Wildman–Crippen LogP) is 8.39. The minimum absolute atomic E-state index is 0.0402. The van der Waals surface area contributed by atoms with Crippen LogP contribution in [0.2, 0.25) is 0 Å². The molecule has 0 saturated carbocycles. The SMILES string of the molecule is CC.CC.Fc1ccccc1.O=S(Nc1nccs1)c1cc2c(cc1F)[C@@H](N1CCC(C(F)(F)F)CC1)CCO2. The van der Waals surface area contributed by atoms with Gasteiger partial charge in [0.1, 0.15) is 17.4 Å². The lowest BCUT2D eigenvalue weighted by molar-refractivity contribution is -0.186. The number of nitrogens with one attached hydrogen (secondary N) is 1. The van der Waals surface area contributed by atoms with Crippen LogP contribution in [0.3, 0.4) is 0 Å². The van der Waals surface area contributed by atoms with Crippen molar-refractivity contribution < 1.29 is 30.9 Å². The molecule has 40 heavy (non-hydrogen) atoms. The second kappa shape index (κ2) is 16.6. The fourth-order valence-corrected chi connectivity index (χ4v) is 5.82. The van der Waals surface area contributed by atoms with E-state index in [-0.39, 0.29) is 29.6 Å². The number of hydrogen-bond donors (Lipinski definition) is 1. The Balaban J connectivity index is 0.000000434. The summed E-state index contributed by atoms with van der Waals surface area (Å²) in [5, 5.41) is 2.12. The molecule has 3 heterocycles. The highest BCUT2D eigenvalue weighted by Crippen LogP contribution is 2.42. The van der Waals surface area contributed by atoms with E-state index in [0.717, 1.165) is 0 Å². The van der Waals surface area contributed by atoms with Gasteiger partial charge >= 0.3 is 6.18 Å². The van der Waals surface area contributed by atoms with Crippen LogP contribution in [-0.4, -0.2) is 40.0 Å². The van der Waals surface area contributed by atoms with Crippen LogP contribution >= 0.6 is 11.3 Å². The average Bonchev–Trinajstić information content (AvgIpc) is 3.48. The molecule has 2 atom stereocenters. The van der Waals surface area contributed by atoms with E-state index in [4.69, 9.17) is 4.74 Å². The quantitative estimate of drug-likeness (QED) is 0.304. The van der Waals surface area contributed by atoms with Crippen LogP contribution in [0.4, 0.5) is 27.1 Å². The zero-order valence-corrected chi connectivity index (χ0v) is 24.6. The van der Waals surface area contributed by atoms with E-state index < -0.39 is 28.9 Å². The van der Waals surface area contributed by atoms with Gasteiger partial charge in [-0.05, 0) is 44.1 Å². The Hall–Kier alpha value is -2.57. The Kier molecular flexibility index (Phi) is 14.0. The molecule has 222 valence electrons. The molecule has 5 nitrogen and oxygen atoms in total. The largest absolute Gasteiger partial charge is 0.493 e. The van der Waals surface area contributed by atoms with Gasteiger partial charge in [-0.15, -0.1) is 11.3 Å². The van der Waals surface area contributed by atoms with E-state index in [1.807, 2.05) is 32.6 Å². The predicted molar refractivity (Wildman–Crippen MR) is 151 cm³/mol. The van der Waals surface area contributed by atoms with Gasteiger partial charge in [-0.3, -0.25) is 9.62 Å². The van der Waals surface area contributed by atoms with Crippen LogP contribution in [0.15, 0.2) is 58.9 Å². The number of nitrogens with zero attached hydrogens (tertiary/aromatic N) is 2. The van der Waals surface area contributed by atoms with Crippen molar-refractivity contribution in [3.63, 3.8) is 0 Å². The highest BCUT2D eigenvalue weighted by atomic mass is 32.2. The third kappa shape index (κ3) is 9.52. The smallest absolute Gasteiger partial charge is 0.391 e. The van der Waals surface area contributed by atoms with Crippen molar-refractivity contribution in [3.8, 4) is 5.75 Å². The van der Waals surface area contributed by atoms with Gasteiger partial charge in [0.05, 0.1) is 17.4 Å². The molecule has 1 aromatic heterocycles. The molecule has 1 fully saturated rings. The molecule has 0 aliphatic carbocycles. The molecular formula is C28H36F5N3O2S2. The third-order valence-corrected chi connectivity index (χ3v) is 7.96. The Morgan fingerprint density at radius 3 is 2.20 bits per heavy atom. The lowest BCUT2D eigenvalue weighted by Gasteiger charge is -2.40. The third-order valence-electron chi connectivity index (χ3n) is 6.05. The van der Waals surface area contributed by atoms with Crippen molar-refractivity contribution in [2.75, 3.05) is 24.4 Å². The second-order valence-corrected chi connectivity index (χ2v) is 10.4. The number of piperidine rings is 1. The summed E-state index contributed by atoms with van der Waals surface area (Å²) in [7, 11) is -1.85. The molecule has 2 aliphatic heterocycles. The fourth-order valence-electron chi connectivity index (χ4n) is 4.25. The molecule has 0 amide bonds. The summed E-state index contributed by atoms with van der Waals surface area (Å²) in [6.45, 7) is 8.97. The summed E-state index contributed by atoms with van der Waals surface area (Å²) in [4.78, 5) is 5.89. The van der Waals surface area contributed by atoms with E-state index in [2.05, 4.69) is 9.71 Å². The summed E-state index contributed by atoms with van der Waals surface area (Å²) in [5.74, 6) is -1.68. The zero-order chi connectivity index (χ0) is 29.7. The van der Waals surface area contributed by atoms with Crippen molar-refractivity contribution >= 4 is 27.5 Å². The number of fused-ring (bicyclic) bond motifs is 1. The Bertz CT molecular complexity index is 1160. The first-order valence-electron chi connectivity index (χ1n) is 13.3. The Morgan fingerprint density at radius 2 is 1.68 bits per heavy atom. The van der Waals surface area contributed by atoms with Crippen molar-refractivity contribution in [2.45, 2.75) is 64.1 Å². The van der Waals surface area contributed by atoms with E-state index in [0.29, 0.717) is 42.6 Å². The summed E-state index contributed by atoms with van der Waals surface area (Å²) in [6.07, 6.45) is -1.97. The molecule has 3 aromatic rings. The molecule has 2 aromatic carbocycles. The molecule has 2 aliphatic rings. The van der Waals surface area contributed by atoms with Gasteiger partial charge in [-0.25, -0.2) is 18.0 Å². The Morgan fingerprint density at radius 1 is 1.02 bits per heavy atom. The fraction of sp³-hybridized carbons (Fsp3) is 0.464. The average molecular weight is 606 g/mol. The van der Waals surface area contributed by atoms with E-state index in [1.54, 1.807) is 29.8 Å². The molecule has 1 N–H and O–H groups in total. The molecular weight excluding hydrogens is 569 g/mol. The van der Waals surface area contributed by atoms with Gasteiger partial charge in [0.25, 0.3) is 0 Å². The first-order chi connectivity index (χ1) is 19.2. The number of rotatable bonds is 4. The number of halogens is 5. The molecule has 1 unspecified atom stereocenters. The van der Waals surface area contributed by atoms with Crippen LogP contribution < -0.4 is 9.46 Å². The number of ether oxygens (including phenoxy) is 1. The highest BCUT2D eigenvalue weighted by Gasteiger charge is 2.42. The van der Waals surface area contributed by atoms with Crippen LogP contribution in [0.25, 0.3) is 0 Å². The standard InChI is InChI=1S/C18H19F4N3O2S2.C6H5F.2C2H6/c19-13-9-12-14(25-5-1-11(2-6-25)18(20,21)22)3-7-27-15(12)10-16(13)29(26)24-17-23-4-8-28-17;7-6-4-2-1-3-5-6;2*1-2/h4,8-11,14H,1-3,5-7H2,(H,23,24);1-5H;2*1-2H3/t14-,29?;;;/m0.../s1. The van der Waals surface area contributed by atoms with Crippen LogP contribution in [0.5, 0.6) is 5.75 Å². The number of alkyl halides is 3. The lowest BCUT2D eigenvalue weighted by atomic mass is 9.92. The minimum Gasteiger partial charge on any atom is -0.493 e. The number of likely N-dealkylation sites (tertiary alicyclic amines) is 1. The first-order valence-corrected chi connectivity index (χ1v) is 15.3. The number of aromatic nitrogens is 1. The summed E-state index contributed by atoms with van der Waals surface area (Å²) in [5.41, 5.74) is 0.592. The maximum atomic E-state index is 14.7. The molecule has 0 bridgehead atoms. The van der Waals surface area contributed by atoms with Crippen molar-refractivity contribution in [1.29, 1.82) is 0 Å². The van der Waals surface area contributed by atoms with Gasteiger partial charge in [-0.1, -0.05) is 45.9 Å². The monoisotopic (exact) mass is 605 g/mol. The van der Waals surface area contributed by atoms with Crippen molar-refractivity contribution in [1.82, 2.24) is 9.88 Å². The van der Waals surface area contributed by atoms with Gasteiger partial charge in [-0.2, -0.15) is 13.2 Å². The van der Waals surface area contributed by atoms with E-state index >= 15 is 0 Å². The molecule has 5 rings (SSSR count). The highest BCUT2D eigenvalue weighted by molar-refractivity contribution is 7.86. The molecule has 0 spiro atoms. The van der Waals surface area contributed by atoms with Gasteiger partial charge in [0.2, 0.25) is 0 Å². The van der Waals surface area contributed by atoms with Crippen LogP contribution in [-0.2, 0) is 11.0 Å². The summed E-state index contributed by atoms with van der Waals surface area (Å²) in [6, 6.07) is 10.4. The number of anilines is 1. The van der Waals surface area contributed by atoms with E-state index in [1.165, 1.54) is 35.6 Å².